The highest BCUT2D eigenvalue weighted by Crippen LogP contribution is 2.26. The van der Waals surface area contributed by atoms with Gasteiger partial charge < -0.3 is 9.73 Å². The van der Waals surface area contributed by atoms with Crippen LogP contribution in [0.1, 0.15) is 22.3 Å². The second kappa shape index (κ2) is 6.09. The van der Waals surface area contributed by atoms with Gasteiger partial charge in [-0.3, -0.25) is 0 Å². The van der Waals surface area contributed by atoms with Crippen molar-refractivity contribution in [2.75, 3.05) is 5.32 Å². The summed E-state index contributed by atoms with van der Waals surface area (Å²) < 4.78 is 5.29. The van der Waals surface area contributed by atoms with E-state index in [1.807, 2.05) is 13.0 Å². The summed E-state index contributed by atoms with van der Waals surface area (Å²) in [4.78, 5) is 11.8. The molecule has 0 amide bonds. The fourth-order valence-electron chi connectivity index (χ4n) is 2.77. The Morgan fingerprint density at radius 2 is 1.70 bits per heavy atom. The number of rotatable bonds is 3. The van der Waals surface area contributed by atoms with E-state index >= 15 is 0 Å². The molecule has 0 unspecified atom stereocenters. The average molecular weight is 328 g/mol. The van der Waals surface area contributed by atoms with Crippen molar-refractivity contribution in [2.24, 2.45) is 0 Å². The smallest absolute Gasteiger partial charge is 0.336 e. The molecule has 3 nitrogen and oxygen atoms in total. The molecule has 0 aliphatic carbocycles. The van der Waals surface area contributed by atoms with Crippen LogP contribution in [-0.2, 0) is 6.54 Å². The van der Waals surface area contributed by atoms with Crippen LogP contribution in [0.5, 0.6) is 0 Å². The molecule has 3 rings (SSSR count). The Morgan fingerprint density at radius 1 is 1.00 bits per heavy atom. The summed E-state index contributed by atoms with van der Waals surface area (Å²) in [5.41, 5.74) is 5.40. The number of fused-ring (bicyclic) bond motifs is 1. The zero-order chi connectivity index (χ0) is 16.6. The van der Waals surface area contributed by atoms with Crippen LogP contribution in [-0.4, -0.2) is 0 Å². The summed E-state index contributed by atoms with van der Waals surface area (Å²) in [5.74, 6) is 0. The van der Waals surface area contributed by atoms with Gasteiger partial charge in [-0.2, -0.15) is 0 Å². The van der Waals surface area contributed by atoms with Crippen molar-refractivity contribution in [2.45, 2.75) is 27.3 Å². The minimum absolute atomic E-state index is 0.351. The van der Waals surface area contributed by atoms with Crippen LogP contribution in [0.2, 0.25) is 5.02 Å². The molecule has 0 saturated carbocycles. The van der Waals surface area contributed by atoms with E-state index in [0.29, 0.717) is 17.2 Å². The van der Waals surface area contributed by atoms with Crippen LogP contribution in [0, 0.1) is 20.8 Å². The Bertz CT molecular complexity index is 924. The molecule has 2 aromatic carbocycles. The van der Waals surface area contributed by atoms with Crippen LogP contribution in [0.25, 0.3) is 11.0 Å². The third kappa shape index (κ3) is 3.40. The van der Waals surface area contributed by atoms with Gasteiger partial charge in [-0.25, -0.2) is 4.79 Å². The lowest BCUT2D eigenvalue weighted by atomic mass is 10.1. The summed E-state index contributed by atoms with van der Waals surface area (Å²) in [7, 11) is 0. The Balaban J connectivity index is 1.99. The molecule has 0 radical (unpaired) electrons. The fourth-order valence-corrected chi connectivity index (χ4v) is 2.93. The van der Waals surface area contributed by atoms with E-state index in [1.54, 1.807) is 6.07 Å². The fraction of sp³-hybridized carbons (Fsp3) is 0.211. The lowest BCUT2D eigenvalue weighted by molar-refractivity contribution is 0.559. The van der Waals surface area contributed by atoms with E-state index in [2.05, 4.69) is 37.4 Å². The quantitative estimate of drug-likeness (QED) is 0.689. The SMILES string of the molecule is Cc1cc(C)cc(NCc2cc(=O)oc3cc(C)c(Cl)cc23)c1. The molecular weight excluding hydrogens is 310 g/mol. The molecule has 1 aromatic heterocycles. The number of nitrogens with one attached hydrogen (secondary N) is 1. The van der Waals surface area contributed by atoms with Crippen molar-refractivity contribution in [1.29, 1.82) is 0 Å². The van der Waals surface area contributed by atoms with Gasteiger partial charge in [-0.1, -0.05) is 17.7 Å². The maximum atomic E-state index is 11.8. The maximum absolute atomic E-state index is 11.8. The van der Waals surface area contributed by atoms with Gasteiger partial charge >= 0.3 is 5.63 Å². The Kier molecular flexibility index (Phi) is 4.14. The van der Waals surface area contributed by atoms with Crippen LogP contribution in [0.15, 0.2) is 45.6 Å². The molecule has 3 aromatic rings. The monoisotopic (exact) mass is 327 g/mol. The molecule has 4 heteroatoms. The highest BCUT2D eigenvalue weighted by Gasteiger charge is 2.08. The Morgan fingerprint density at radius 3 is 2.39 bits per heavy atom. The molecule has 118 valence electrons. The van der Waals surface area contributed by atoms with E-state index in [9.17, 15) is 4.79 Å². The topological polar surface area (TPSA) is 42.2 Å². The third-order valence-corrected chi connectivity index (χ3v) is 4.22. The van der Waals surface area contributed by atoms with E-state index in [-0.39, 0.29) is 5.63 Å². The minimum atomic E-state index is -0.351. The summed E-state index contributed by atoms with van der Waals surface area (Å²) in [6, 6.07) is 11.5. The normalized spacial score (nSPS) is 11.0. The lowest BCUT2D eigenvalue weighted by Gasteiger charge is -2.11. The van der Waals surface area contributed by atoms with Gasteiger partial charge in [0.2, 0.25) is 0 Å². The molecule has 0 aliphatic rings. The molecule has 0 atom stereocenters. The molecule has 0 aliphatic heterocycles. The zero-order valence-corrected chi connectivity index (χ0v) is 14.1. The van der Waals surface area contributed by atoms with Crippen molar-refractivity contribution in [3.63, 3.8) is 0 Å². The summed E-state index contributed by atoms with van der Waals surface area (Å²) in [6.45, 7) is 6.55. The highest BCUT2D eigenvalue weighted by atomic mass is 35.5. The van der Waals surface area contributed by atoms with Crippen molar-refractivity contribution in [1.82, 2.24) is 0 Å². The van der Waals surface area contributed by atoms with E-state index in [1.165, 1.54) is 17.2 Å². The molecule has 23 heavy (non-hydrogen) atoms. The maximum Gasteiger partial charge on any atom is 0.336 e. The van der Waals surface area contributed by atoms with E-state index in [4.69, 9.17) is 16.0 Å². The first-order valence-electron chi connectivity index (χ1n) is 7.47. The van der Waals surface area contributed by atoms with Gasteiger partial charge in [-0.05, 0) is 67.3 Å². The number of anilines is 1. The minimum Gasteiger partial charge on any atom is -0.423 e. The third-order valence-electron chi connectivity index (χ3n) is 3.81. The van der Waals surface area contributed by atoms with Crippen molar-refractivity contribution in [3.8, 4) is 0 Å². The second-order valence-corrected chi connectivity index (χ2v) is 6.33. The number of hydrogen-bond donors (Lipinski definition) is 1. The number of benzene rings is 2. The summed E-state index contributed by atoms with van der Waals surface area (Å²) in [5, 5.41) is 4.90. The van der Waals surface area contributed by atoms with Gasteiger partial charge in [0.1, 0.15) is 5.58 Å². The van der Waals surface area contributed by atoms with Crippen LogP contribution >= 0.6 is 11.6 Å². The van der Waals surface area contributed by atoms with Crippen molar-refractivity contribution < 1.29 is 4.42 Å². The highest BCUT2D eigenvalue weighted by molar-refractivity contribution is 6.32. The second-order valence-electron chi connectivity index (χ2n) is 5.92. The van der Waals surface area contributed by atoms with Crippen molar-refractivity contribution >= 4 is 28.3 Å². The van der Waals surface area contributed by atoms with Gasteiger partial charge in [0.15, 0.2) is 0 Å². The Hall–Kier alpha value is -2.26. The standard InChI is InChI=1S/C19H18ClNO2/c1-11-4-12(2)6-15(5-11)21-10-14-8-19(22)23-18-7-13(3)17(20)9-16(14)18/h4-9,21H,10H2,1-3H3. The first-order chi connectivity index (χ1) is 10.9. The van der Waals surface area contributed by atoms with Crippen LogP contribution < -0.4 is 10.9 Å². The Labute approximate surface area is 139 Å². The number of halogens is 1. The first-order valence-corrected chi connectivity index (χ1v) is 7.85. The lowest BCUT2D eigenvalue weighted by Crippen LogP contribution is -2.06. The molecule has 0 fully saturated rings. The molecule has 1 N–H and O–H groups in total. The van der Waals surface area contributed by atoms with E-state index < -0.39 is 0 Å². The number of aryl methyl sites for hydroxylation is 3. The molecular formula is C19H18ClNO2. The van der Waals surface area contributed by atoms with Gasteiger partial charge in [-0.15, -0.1) is 0 Å². The van der Waals surface area contributed by atoms with Crippen LogP contribution in [0.3, 0.4) is 0 Å². The van der Waals surface area contributed by atoms with Gasteiger partial charge in [0.25, 0.3) is 0 Å². The molecule has 0 spiro atoms. The molecule has 0 saturated heterocycles. The van der Waals surface area contributed by atoms with Crippen LogP contribution in [0.4, 0.5) is 5.69 Å². The molecule has 1 heterocycles. The summed E-state index contributed by atoms with van der Waals surface area (Å²) in [6.07, 6.45) is 0. The largest absolute Gasteiger partial charge is 0.423 e. The first kappa shape index (κ1) is 15.6. The average Bonchev–Trinajstić information content (AvgIpc) is 2.45. The predicted molar refractivity (Wildman–Crippen MR) is 95.5 cm³/mol. The van der Waals surface area contributed by atoms with E-state index in [0.717, 1.165) is 22.2 Å². The zero-order valence-electron chi connectivity index (χ0n) is 13.4. The predicted octanol–water partition coefficient (Wildman–Crippen LogP) is 4.98. The van der Waals surface area contributed by atoms with Gasteiger partial charge in [0, 0.05) is 28.7 Å². The number of hydrogen-bond acceptors (Lipinski definition) is 3. The molecule has 0 bridgehead atoms. The van der Waals surface area contributed by atoms with Gasteiger partial charge in [0.05, 0.1) is 0 Å². The van der Waals surface area contributed by atoms with Crippen molar-refractivity contribution in [3.05, 3.63) is 74.1 Å². The summed E-state index contributed by atoms with van der Waals surface area (Å²) >= 11 is 6.22.